The summed E-state index contributed by atoms with van der Waals surface area (Å²) in [4.78, 5) is 9.82. The molecule has 0 aliphatic heterocycles. The summed E-state index contributed by atoms with van der Waals surface area (Å²) in [5.41, 5.74) is 1.07. The van der Waals surface area contributed by atoms with Crippen molar-refractivity contribution in [1.82, 2.24) is 5.32 Å². The summed E-state index contributed by atoms with van der Waals surface area (Å²) in [7, 11) is 0. The Labute approximate surface area is 126 Å². The van der Waals surface area contributed by atoms with Gasteiger partial charge in [0, 0.05) is 23.7 Å². The summed E-state index contributed by atoms with van der Waals surface area (Å²) in [5.74, 6) is -0.829. The molecule has 0 spiro atoms. The molecule has 4 nitrogen and oxygen atoms in total. The highest BCUT2D eigenvalue weighted by Gasteiger charge is 2.14. The first-order chi connectivity index (χ1) is 9.99. The van der Waals surface area contributed by atoms with E-state index in [0.717, 1.165) is 5.56 Å². The van der Waals surface area contributed by atoms with Gasteiger partial charge in [-0.05, 0) is 30.2 Å². The number of hydrogen-bond donors (Lipinski definition) is 1. The van der Waals surface area contributed by atoms with Crippen molar-refractivity contribution in [3.8, 4) is 0 Å². The van der Waals surface area contributed by atoms with Crippen molar-refractivity contribution in [3.05, 3.63) is 74.5 Å². The molecule has 1 atom stereocenters. The second kappa shape index (κ2) is 6.65. The maximum absolute atomic E-state index is 13.5. The first kappa shape index (κ1) is 15.4. The van der Waals surface area contributed by atoms with Gasteiger partial charge in [-0.25, -0.2) is 0 Å². The molecule has 0 heterocycles. The minimum absolute atomic E-state index is 0.0167. The van der Waals surface area contributed by atoms with Crippen LogP contribution in [0.2, 0.25) is 5.02 Å². The van der Waals surface area contributed by atoms with Crippen molar-refractivity contribution in [1.29, 1.82) is 0 Å². The predicted molar refractivity (Wildman–Crippen MR) is 79.8 cm³/mol. The van der Waals surface area contributed by atoms with Crippen LogP contribution in [0.1, 0.15) is 24.1 Å². The van der Waals surface area contributed by atoms with Crippen molar-refractivity contribution in [3.63, 3.8) is 0 Å². The van der Waals surface area contributed by atoms with E-state index in [-0.39, 0.29) is 6.04 Å². The minimum atomic E-state index is -0.829. The van der Waals surface area contributed by atoms with Crippen LogP contribution in [-0.2, 0) is 6.54 Å². The van der Waals surface area contributed by atoms with Crippen LogP contribution in [0.3, 0.4) is 0 Å². The fraction of sp³-hybridized carbons (Fsp3) is 0.200. The van der Waals surface area contributed by atoms with Gasteiger partial charge in [0.15, 0.2) is 0 Å². The van der Waals surface area contributed by atoms with E-state index in [9.17, 15) is 14.5 Å². The highest BCUT2D eigenvalue weighted by molar-refractivity contribution is 6.31. The maximum atomic E-state index is 13.5. The molecule has 0 fully saturated rings. The lowest BCUT2D eigenvalue weighted by atomic mass is 10.1. The van der Waals surface area contributed by atoms with Gasteiger partial charge in [0.1, 0.15) is 0 Å². The molecule has 6 heteroatoms. The lowest BCUT2D eigenvalue weighted by molar-refractivity contribution is -0.387. The smallest absolute Gasteiger partial charge is 0.304 e. The molecule has 0 bridgehead atoms. The van der Waals surface area contributed by atoms with Gasteiger partial charge in [-0.2, -0.15) is 4.39 Å². The quantitative estimate of drug-likeness (QED) is 0.664. The molecule has 0 saturated heterocycles. The molecule has 0 amide bonds. The molecule has 0 aromatic heterocycles. The van der Waals surface area contributed by atoms with Crippen LogP contribution >= 0.6 is 11.6 Å². The largest absolute Gasteiger partial charge is 0.306 e. The lowest BCUT2D eigenvalue weighted by Crippen LogP contribution is -2.18. The zero-order valence-electron chi connectivity index (χ0n) is 11.3. The number of rotatable bonds is 5. The fourth-order valence-electron chi connectivity index (χ4n) is 2.02. The molecule has 2 aromatic carbocycles. The van der Waals surface area contributed by atoms with E-state index in [4.69, 9.17) is 11.6 Å². The summed E-state index contributed by atoms with van der Waals surface area (Å²) in [5, 5.41) is 14.4. The normalized spacial score (nSPS) is 12.1. The van der Waals surface area contributed by atoms with E-state index >= 15 is 0 Å². The Balaban J connectivity index is 2.05. The molecule has 110 valence electrons. The van der Waals surface area contributed by atoms with Crippen LogP contribution in [0.25, 0.3) is 0 Å². The number of benzene rings is 2. The summed E-state index contributed by atoms with van der Waals surface area (Å²) in [6, 6.07) is 11.3. The molecule has 1 N–H and O–H groups in total. The third-order valence-corrected chi connectivity index (χ3v) is 3.54. The van der Waals surface area contributed by atoms with Crippen LogP contribution in [0, 0.1) is 15.9 Å². The molecule has 0 saturated carbocycles. The van der Waals surface area contributed by atoms with Crippen LogP contribution < -0.4 is 5.32 Å². The SMILES string of the molecule is C[C@@H](NCc1ccc([N+](=O)[O-])c(F)c1)c1ccccc1Cl. The number of nitrogens with zero attached hydrogens (tertiary/aromatic N) is 1. The highest BCUT2D eigenvalue weighted by atomic mass is 35.5. The molecule has 0 radical (unpaired) electrons. The van der Waals surface area contributed by atoms with Gasteiger partial charge in [-0.1, -0.05) is 35.9 Å². The fourth-order valence-corrected chi connectivity index (χ4v) is 2.31. The standard InChI is InChI=1S/C15H14ClFN2O2/c1-10(12-4-2-3-5-13(12)16)18-9-11-6-7-15(19(20)21)14(17)8-11/h2-8,10,18H,9H2,1H3/t10-/m1/s1. The Kier molecular flexibility index (Phi) is 4.88. The minimum Gasteiger partial charge on any atom is -0.306 e. The van der Waals surface area contributed by atoms with Crippen molar-refractivity contribution in [2.24, 2.45) is 0 Å². The first-order valence-corrected chi connectivity index (χ1v) is 6.77. The van der Waals surface area contributed by atoms with Gasteiger partial charge in [0.25, 0.3) is 0 Å². The lowest BCUT2D eigenvalue weighted by Gasteiger charge is -2.15. The van der Waals surface area contributed by atoms with E-state index in [1.54, 1.807) is 6.07 Å². The average Bonchev–Trinajstić information content (AvgIpc) is 2.45. The van der Waals surface area contributed by atoms with E-state index < -0.39 is 16.4 Å². The van der Waals surface area contributed by atoms with Crippen LogP contribution in [0.5, 0.6) is 0 Å². The highest BCUT2D eigenvalue weighted by Crippen LogP contribution is 2.23. The number of hydrogen-bond acceptors (Lipinski definition) is 3. The Morgan fingerprint density at radius 2 is 2.05 bits per heavy atom. The summed E-state index contributed by atoms with van der Waals surface area (Å²) >= 11 is 6.11. The zero-order chi connectivity index (χ0) is 15.4. The third kappa shape index (κ3) is 3.77. The van der Waals surface area contributed by atoms with Gasteiger partial charge in [-0.3, -0.25) is 10.1 Å². The molecule has 2 rings (SSSR count). The van der Waals surface area contributed by atoms with Gasteiger partial charge < -0.3 is 5.32 Å². The van der Waals surface area contributed by atoms with E-state index in [0.29, 0.717) is 17.1 Å². The van der Waals surface area contributed by atoms with E-state index in [2.05, 4.69) is 5.32 Å². The van der Waals surface area contributed by atoms with E-state index in [1.165, 1.54) is 18.2 Å². The second-order valence-electron chi connectivity index (χ2n) is 4.67. The monoisotopic (exact) mass is 308 g/mol. The molecule has 0 unspecified atom stereocenters. The van der Waals surface area contributed by atoms with Crippen LogP contribution in [0.15, 0.2) is 42.5 Å². The zero-order valence-corrected chi connectivity index (χ0v) is 12.1. The van der Waals surface area contributed by atoms with Crippen molar-refractivity contribution >= 4 is 17.3 Å². The van der Waals surface area contributed by atoms with Gasteiger partial charge >= 0.3 is 5.69 Å². The third-order valence-electron chi connectivity index (χ3n) is 3.19. The Bertz CT molecular complexity index is 664. The predicted octanol–water partition coefficient (Wildman–Crippen LogP) is 4.24. The second-order valence-corrected chi connectivity index (χ2v) is 5.07. The molecule has 0 aliphatic carbocycles. The van der Waals surface area contributed by atoms with E-state index in [1.807, 2.05) is 25.1 Å². The van der Waals surface area contributed by atoms with Gasteiger partial charge in [0.05, 0.1) is 4.92 Å². The summed E-state index contributed by atoms with van der Waals surface area (Å²) in [6.45, 7) is 2.34. The Morgan fingerprint density at radius 1 is 1.33 bits per heavy atom. The van der Waals surface area contributed by atoms with Crippen molar-refractivity contribution in [2.75, 3.05) is 0 Å². The Morgan fingerprint density at radius 3 is 2.67 bits per heavy atom. The molecular weight excluding hydrogens is 295 g/mol. The topological polar surface area (TPSA) is 55.2 Å². The first-order valence-electron chi connectivity index (χ1n) is 6.39. The molecular formula is C15H14ClFN2O2. The summed E-state index contributed by atoms with van der Waals surface area (Å²) in [6.07, 6.45) is 0. The van der Waals surface area contributed by atoms with Gasteiger partial charge in [0.2, 0.25) is 5.82 Å². The van der Waals surface area contributed by atoms with Crippen LogP contribution in [-0.4, -0.2) is 4.92 Å². The summed E-state index contributed by atoms with van der Waals surface area (Å²) < 4.78 is 13.5. The molecule has 0 aliphatic rings. The van der Waals surface area contributed by atoms with Crippen molar-refractivity contribution < 1.29 is 9.31 Å². The number of nitro groups is 1. The van der Waals surface area contributed by atoms with Gasteiger partial charge in [-0.15, -0.1) is 0 Å². The number of nitro benzene ring substituents is 1. The average molecular weight is 309 g/mol. The number of halogens is 2. The maximum Gasteiger partial charge on any atom is 0.304 e. The Hall–Kier alpha value is -1.98. The molecule has 21 heavy (non-hydrogen) atoms. The molecule has 2 aromatic rings. The van der Waals surface area contributed by atoms with Crippen molar-refractivity contribution in [2.45, 2.75) is 19.5 Å². The number of nitrogens with one attached hydrogen (secondary N) is 1. The van der Waals surface area contributed by atoms with Crippen LogP contribution in [0.4, 0.5) is 10.1 Å².